The molecule has 0 bridgehead atoms. The number of hydrogen-bond donors (Lipinski definition) is 1. The summed E-state index contributed by atoms with van der Waals surface area (Å²) in [6.45, 7) is 3.10. The van der Waals surface area contributed by atoms with E-state index in [0.29, 0.717) is 13.2 Å². The van der Waals surface area contributed by atoms with Gasteiger partial charge in [0.1, 0.15) is 12.1 Å². The lowest BCUT2D eigenvalue weighted by Gasteiger charge is -2.12. The molecule has 1 aromatic heterocycles. The van der Waals surface area contributed by atoms with Gasteiger partial charge in [0.05, 0.1) is 13.2 Å². The molecule has 1 heterocycles. The van der Waals surface area contributed by atoms with Crippen molar-refractivity contribution in [2.75, 3.05) is 38.8 Å². The molecule has 1 aromatic rings. The minimum absolute atomic E-state index is 0.672. The SMILES string of the molecule is COCCOCCCCNc1ncnc2c1CCCCC2. The maximum absolute atomic E-state index is 5.45. The first-order chi connectivity index (χ1) is 10.4. The molecule has 0 unspecified atom stereocenters. The molecule has 0 atom stereocenters. The Morgan fingerprint density at radius 3 is 2.86 bits per heavy atom. The molecule has 0 aromatic carbocycles. The van der Waals surface area contributed by atoms with Gasteiger partial charge in [-0.15, -0.1) is 0 Å². The van der Waals surface area contributed by atoms with Crippen LogP contribution in [0.15, 0.2) is 6.33 Å². The quantitative estimate of drug-likeness (QED) is 0.560. The molecule has 0 saturated heterocycles. The molecule has 0 spiro atoms. The zero-order chi connectivity index (χ0) is 14.8. The number of unbranched alkanes of at least 4 members (excludes halogenated alkanes) is 1. The second-order valence-electron chi connectivity index (χ2n) is 5.45. The summed E-state index contributed by atoms with van der Waals surface area (Å²) >= 11 is 0. The largest absolute Gasteiger partial charge is 0.382 e. The number of ether oxygens (including phenoxy) is 2. The second kappa shape index (κ2) is 9.68. The Hall–Kier alpha value is -1.20. The normalized spacial score (nSPS) is 14.5. The van der Waals surface area contributed by atoms with Gasteiger partial charge in [0.15, 0.2) is 0 Å². The summed E-state index contributed by atoms with van der Waals surface area (Å²) in [6, 6.07) is 0. The van der Waals surface area contributed by atoms with E-state index in [1.54, 1.807) is 13.4 Å². The molecule has 1 aliphatic rings. The fourth-order valence-corrected chi connectivity index (χ4v) is 2.63. The Kier molecular flexibility index (Phi) is 7.46. The van der Waals surface area contributed by atoms with Crippen molar-refractivity contribution in [1.29, 1.82) is 0 Å². The second-order valence-corrected chi connectivity index (χ2v) is 5.45. The molecular formula is C16H27N3O2. The topological polar surface area (TPSA) is 56.3 Å². The summed E-state index contributed by atoms with van der Waals surface area (Å²) in [5, 5.41) is 3.47. The lowest BCUT2D eigenvalue weighted by molar-refractivity contribution is 0.0691. The average molecular weight is 293 g/mol. The number of fused-ring (bicyclic) bond motifs is 1. The fraction of sp³-hybridized carbons (Fsp3) is 0.750. The van der Waals surface area contributed by atoms with Gasteiger partial charge >= 0.3 is 0 Å². The minimum atomic E-state index is 0.672. The molecule has 21 heavy (non-hydrogen) atoms. The maximum atomic E-state index is 5.45. The number of aromatic nitrogens is 2. The number of rotatable bonds is 9. The third-order valence-corrected chi connectivity index (χ3v) is 3.81. The lowest BCUT2D eigenvalue weighted by Crippen LogP contribution is -2.10. The first-order valence-electron chi connectivity index (χ1n) is 8.05. The highest BCUT2D eigenvalue weighted by Gasteiger charge is 2.13. The van der Waals surface area contributed by atoms with Crippen LogP contribution < -0.4 is 5.32 Å². The number of nitrogens with zero attached hydrogens (tertiary/aromatic N) is 2. The van der Waals surface area contributed by atoms with Crippen LogP contribution in [0.2, 0.25) is 0 Å². The van der Waals surface area contributed by atoms with Crippen LogP contribution in [0.25, 0.3) is 0 Å². The van der Waals surface area contributed by atoms with Gasteiger partial charge in [-0.05, 0) is 38.5 Å². The summed E-state index contributed by atoms with van der Waals surface area (Å²) in [7, 11) is 1.69. The molecule has 0 saturated carbocycles. The number of anilines is 1. The molecule has 5 nitrogen and oxygen atoms in total. The van der Waals surface area contributed by atoms with Crippen molar-refractivity contribution in [2.45, 2.75) is 44.9 Å². The fourth-order valence-electron chi connectivity index (χ4n) is 2.63. The van der Waals surface area contributed by atoms with E-state index < -0.39 is 0 Å². The smallest absolute Gasteiger partial charge is 0.132 e. The Morgan fingerprint density at radius 1 is 1.05 bits per heavy atom. The van der Waals surface area contributed by atoms with Crippen molar-refractivity contribution in [3.8, 4) is 0 Å². The van der Waals surface area contributed by atoms with Crippen LogP contribution in [0.3, 0.4) is 0 Å². The minimum Gasteiger partial charge on any atom is -0.382 e. The van der Waals surface area contributed by atoms with Gasteiger partial charge in [-0.3, -0.25) is 0 Å². The van der Waals surface area contributed by atoms with E-state index >= 15 is 0 Å². The molecule has 0 radical (unpaired) electrons. The summed E-state index contributed by atoms with van der Waals surface area (Å²) in [4.78, 5) is 8.87. The Balaban J connectivity index is 1.69. The van der Waals surface area contributed by atoms with Crippen LogP contribution in [-0.4, -0.2) is 43.4 Å². The first-order valence-corrected chi connectivity index (χ1v) is 8.05. The van der Waals surface area contributed by atoms with E-state index in [1.165, 1.54) is 30.5 Å². The van der Waals surface area contributed by atoms with Gasteiger partial charge in [-0.2, -0.15) is 0 Å². The standard InChI is InChI=1S/C16H27N3O2/c1-20-11-12-21-10-6-5-9-17-16-14-7-3-2-4-8-15(14)18-13-19-16/h13H,2-12H2,1H3,(H,17,18,19). The number of aryl methyl sites for hydroxylation is 1. The third-order valence-electron chi connectivity index (χ3n) is 3.81. The van der Waals surface area contributed by atoms with E-state index in [0.717, 1.165) is 44.7 Å². The highest BCUT2D eigenvalue weighted by atomic mass is 16.5. The van der Waals surface area contributed by atoms with E-state index in [4.69, 9.17) is 9.47 Å². The van der Waals surface area contributed by atoms with E-state index in [9.17, 15) is 0 Å². The summed E-state index contributed by atoms with van der Waals surface area (Å²) < 4.78 is 10.4. The molecule has 0 aliphatic heterocycles. The van der Waals surface area contributed by atoms with Gasteiger partial charge in [0, 0.05) is 31.5 Å². The van der Waals surface area contributed by atoms with Gasteiger partial charge in [0.2, 0.25) is 0 Å². The Bertz CT molecular complexity index is 413. The lowest BCUT2D eigenvalue weighted by atomic mass is 10.1. The predicted molar refractivity (Wildman–Crippen MR) is 83.7 cm³/mol. The van der Waals surface area contributed by atoms with Crippen molar-refractivity contribution in [3.63, 3.8) is 0 Å². The summed E-state index contributed by atoms with van der Waals surface area (Å²) in [5.41, 5.74) is 2.58. The zero-order valence-corrected chi connectivity index (χ0v) is 13.1. The van der Waals surface area contributed by atoms with Crippen molar-refractivity contribution < 1.29 is 9.47 Å². The van der Waals surface area contributed by atoms with Crippen LogP contribution in [-0.2, 0) is 22.3 Å². The molecule has 0 amide bonds. The van der Waals surface area contributed by atoms with Crippen LogP contribution in [0.5, 0.6) is 0 Å². The molecular weight excluding hydrogens is 266 g/mol. The van der Waals surface area contributed by atoms with Crippen molar-refractivity contribution in [3.05, 3.63) is 17.6 Å². The van der Waals surface area contributed by atoms with Crippen molar-refractivity contribution >= 4 is 5.82 Å². The monoisotopic (exact) mass is 293 g/mol. The van der Waals surface area contributed by atoms with E-state index in [2.05, 4.69) is 15.3 Å². The van der Waals surface area contributed by atoms with Crippen LogP contribution >= 0.6 is 0 Å². The third kappa shape index (κ3) is 5.59. The zero-order valence-electron chi connectivity index (χ0n) is 13.1. The van der Waals surface area contributed by atoms with Gasteiger partial charge in [-0.1, -0.05) is 6.42 Å². The maximum Gasteiger partial charge on any atom is 0.132 e. The van der Waals surface area contributed by atoms with E-state index in [-0.39, 0.29) is 0 Å². The summed E-state index contributed by atoms with van der Waals surface area (Å²) in [5.74, 6) is 1.04. The van der Waals surface area contributed by atoms with Crippen LogP contribution in [0.4, 0.5) is 5.82 Å². The van der Waals surface area contributed by atoms with Crippen molar-refractivity contribution in [1.82, 2.24) is 9.97 Å². The van der Waals surface area contributed by atoms with Gasteiger partial charge < -0.3 is 14.8 Å². The number of hydrogen-bond acceptors (Lipinski definition) is 5. The van der Waals surface area contributed by atoms with Crippen LogP contribution in [0, 0.1) is 0 Å². The molecule has 1 aliphatic carbocycles. The van der Waals surface area contributed by atoms with Crippen molar-refractivity contribution in [2.24, 2.45) is 0 Å². The van der Waals surface area contributed by atoms with Gasteiger partial charge in [0.25, 0.3) is 0 Å². The molecule has 0 fully saturated rings. The van der Waals surface area contributed by atoms with E-state index in [1.807, 2.05) is 0 Å². The highest BCUT2D eigenvalue weighted by molar-refractivity contribution is 5.46. The Morgan fingerprint density at radius 2 is 1.95 bits per heavy atom. The molecule has 5 heteroatoms. The first kappa shape index (κ1) is 16.2. The molecule has 118 valence electrons. The predicted octanol–water partition coefficient (Wildman–Crippen LogP) is 2.60. The summed E-state index contributed by atoms with van der Waals surface area (Å²) in [6.07, 6.45) is 9.86. The number of nitrogens with one attached hydrogen (secondary N) is 1. The number of methoxy groups -OCH3 is 1. The van der Waals surface area contributed by atoms with Gasteiger partial charge in [-0.25, -0.2) is 9.97 Å². The molecule has 1 N–H and O–H groups in total. The highest BCUT2D eigenvalue weighted by Crippen LogP contribution is 2.23. The van der Waals surface area contributed by atoms with Crippen LogP contribution in [0.1, 0.15) is 43.4 Å². The Labute approximate surface area is 127 Å². The molecule has 2 rings (SSSR count). The average Bonchev–Trinajstić information content (AvgIpc) is 2.76.